The summed E-state index contributed by atoms with van der Waals surface area (Å²) in [6.45, 7) is 17.2. The molecule has 0 heterocycles. The Morgan fingerprint density at radius 3 is 1.36 bits per heavy atom. The number of hydrogen-bond donors (Lipinski definition) is 0. The van der Waals surface area contributed by atoms with Crippen LogP contribution in [0.25, 0.3) is 0 Å². The normalized spacial score (nSPS) is 13.1. The van der Waals surface area contributed by atoms with E-state index in [2.05, 4.69) is 41.5 Å². The molecule has 0 spiro atoms. The Balaban J connectivity index is 3.79. The van der Waals surface area contributed by atoms with Crippen LogP contribution in [0.15, 0.2) is 0 Å². The molecule has 0 bridgehead atoms. The van der Waals surface area contributed by atoms with Crippen LogP contribution in [0.4, 0.5) is 0 Å². The molecule has 0 unspecified atom stereocenters. The molecule has 0 atom stereocenters. The van der Waals surface area contributed by atoms with Crippen molar-refractivity contribution in [3.8, 4) is 0 Å². The van der Waals surface area contributed by atoms with Crippen molar-refractivity contribution >= 4 is 0 Å². The SMILES string of the molecule is [CH2]C([CH2])(CC(C)C)CC(C)C. The maximum absolute atomic E-state index is 4.14. The van der Waals surface area contributed by atoms with Crippen LogP contribution in [0.5, 0.6) is 0 Å². The van der Waals surface area contributed by atoms with Crippen LogP contribution in [0.1, 0.15) is 40.5 Å². The van der Waals surface area contributed by atoms with E-state index < -0.39 is 0 Å². The molecule has 0 saturated heterocycles. The van der Waals surface area contributed by atoms with Crippen molar-refractivity contribution in [2.45, 2.75) is 40.5 Å². The Bertz CT molecular complexity index is 86.6. The molecule has 0 aliphatic heterocycles. The minimum absolute atomic E-state index is 0.0440. The molecular formula is C11H22. The lowest BCUT2D eigenvalue weighted by Gasteiger charge is -2.28. The van der Waals surface area contributed by atoms with Crippen LogP contribution in [0.2, 0.25) is 0 Å². The second kappa shape index (κ2) is 4.13. The van der Waals surface area contributed by atoms with Gasteiger partial charge in [-0.2, -0.15) is 0 Å². The molecule has 0 aromatic carbocycles. The van der Waals surface area contributed by atoms with Crippen LogP contribution < -0.4 is 0 Å². The average molecular weight is 154 g/mol. The predicted molar refractivity (Wildman–Crippen MR) is 52.1 cm³/mol. The van der Waals surface area contributed by atoms with E-state index in [9.17, 15) is 0 Å². The lowest BCUT2D eigenvalue weighted by molar-refractivity contribution is 0.305. The van der Waals surface area contributed by atoms with E-state index in [4.69, 9.17) is 0 Å². The maximum Gasteiger partial charge on any atom is -0.0292 e. The summed E-state index contributed by atoms with van der Waals surface area (Å²) in [6.07, 6.45) is 2.26. The molecule has 0 amide bonds. The van der Waals surface area contributed by atoms with Gasteiger partial charge in [0.25, 0.3) is 0 Å². The molecule has 0 saturated carbocycles. The topological polar surface area (TPSA) is 0 Å². The van der Waals surface area contributed by atoms with Gasteiger partial charge in [0.1, 0.15) is 0 Å². The van der Waals surface area contributed by atoms with Crippen LogP contribution in [0, 0.1) is 31.1 Å². The van der Waals surface area contributed by atoms with Gasteiger partial charge in [0, 0.05) is 0 Å². The Morgan fingerprint density at radius 2 is 1.18 bits per heavy atom. The molecular weight excluding hydrogens is 132 g/mol. The largest absolute Gasteiger partial charge is 0.0628 e. The van der Waals surface area contributed by atoms with Gasteiger partial charge in [-0.1, -0.05) is 27.7 Å². The lowest BCUT2D eigenvalue weighted by atomic mass is 9.78. The van der Waals surface area contributed by atoms with E-state index in [-0.39, 0.29) is 5.41 Å². The first-order valence-corrected chi connectivity index (χ1v) is 4.54. The monoisotopic (exact) mass is 154 g/mol. The Labute approximate surface area is 72.4 Å². The van der Waals surface area contributed by atoms with E-state index in [1.54, 1.807) is 0 Å². The summed E-state index contributed by atoms with van der Waals surface area (Å²) in [7, 11) is 0. The van der Waals surface area contributed by atoms with Gasteiger partial charge < -0.3 is 0 Å². The highest BCUT2D eigenvalue weighted by atomic mass is 14.3. The summed E-state index contributed by atoms with van der Waals surface area (Å²) in [5, 5.41) is 0. The van der Waals surface area contributed by atoms with Gasteiger partial charge in [-0.25, -0.2) is 0 Å². The summed E-state index contributed by atoms with van der Waals surface area (Å²) >= 11 is 0. The fourth-order valence-electron chi connectivity index (χ4n) is 1.82. The second-order valence-corrected chi connectivity index (χ2v) is 4.70. The van der Waals surface area contributed by atoms with Crippen molar-refractivity contribution in [3.05, 3.63) is 13.8 Å². The van der Waals surface area contributed by atoms with Gasteiger partial charge >= 0.3 is 0 Å². The van der Waals surface area contributed by atoms with E-state index in [0.29, 0.717) is 11.8 Å². The lowest BCUT2D eigenvalue weighted by Crippen LogP contribution is -2.17. The van der Waals surface area contributed by atoms with Crippen LogP contribution >= 0.6 is 0 Å². The molecule has 0 aliphatic carbocycles. The van der Waals surface area contributed by atoms with E-state index in [1.165, 1.54) is 0 Å². The minimum atomic E-state index is 0.0440. The third-order valence-electron chi connectivity index (χ3n) is 1.68. The van der Waals surface area contributed by atoms with Crippen LogP contribution in [0.3, 0.4) is 0 Å². The second-order valence-electron chi connectivity index (χ2n) is 4.70. The van der Waals surface area contributed by atoms with Gasteiger partial charge in [-0.3, -0.25) is 0 Å². The first-order chi connectivity index (χ1) is 4.83. The van der Waals surface area contributed by atoms with E-state index >= 15 is 0 Å². The fraction of sp³-hybridized carbons (Fsp3) is 0.818. The molecule has 0 nitrogen and oxygen atoms in total. The van der Waals surface area contributed by atoms with Crippen molar-refractivity contribution in [3.63, 3.8) is 0 Å². The standard InChI is InChI=1S/C11H22/c1-9(2)7-11(5,6)8-10(3)4/h9-10H,5-8H2,1-4H3. The first kappa shape index (κ1) is 11.0. The van der Waals surface area contributed by atoms with Crippen LogP contribution in [-0.2, 0) is 0 Å². The predicted octanol–water partition coefficient (Wildman–Crippen LogP) is 3.73. The molecule has 0 heteroatoms. The van der Waals surface area contributed by atoms with Crippen molar-refractivity contribution in [1.29, 1.82) is 0 Å². The highest BCUT2D eigenvalue weighted by Gasteiger charge is 2.20. The molecule has 2 radical (unpaired) electrons. The summed E-state index contributed by atoms with van der Waals surface area (Å²) in [6, 6.07) is 0. The molecule has 11 heavy (non-hydrogen) atoms. The van der Waals surface area contributed by atoms with E-state index in [1.807, 2.05) is 0 Å². The van der Waals surface area contributed by atoms with Crippen molar-refractivity contribution in [2.24, 2.45) is 17.3 Å². The zero-order chi connectivity index (χ0) is 9.07. The van der Waals surface area contributed by atoms with Gasteiger partial charge in [-0.15, -0.1) is 0 Å². The van der Waals surface area contributed by atoms with E-state index in [0.717, 1.165) is 12.8 Å². The molecule has 0 N–H and O–H groups in total. The third-order valence-corrected chi connectivity index (χ3v) is 1.68. The summed E-state index contributed by atoms with van der Waals surface area (Å²) in [5.74, 6) is 1.42. The highest BCUT2D eigenvalue weighted by molar-refractivity contribution is 4.85. The molecule has 0 aromatic rings. The van der Waals surface area contributed by atoms with Gasteiger partial charge in [-0.05, 0) is 43.9 Å². The van der Waals surface area contributed by atoms with Crippen molar-refractivity contribution in [1.82, 2.24) is 0 Å². The Morgan fingerprint density at radius 1 is 0.909 bits per heavy atom. The Kier molecular flexibility index (Phi) is 4.13. The third kappa shape index (κ3) is 6.40. The zero-order valence-corrected chi connectivity index (χ0v) is 8.48. The summed E-state index contributed by atoms with van der Waals surface area (Å²) in [5.41, 5.74) is 0.0440. The molecule has 0 fully saturated rings. The number of hydrogen-bond acceptors (Lipinski definition) is 0. The zero-order valence-electron chi connectivity index (χ0n) is 8.48. The Hall–Kier alpha value is 0. The fourth-order valence-corrected chi connectivity index (χ4v) is 1.82. The van der Waals surface area contributed by atoms with Gasteiger partial charge in [0.15, 0.2) is 0 Å². The molecule has 0 aliphatic rings. The summed E-state index contributed by atoms with van der Waals surface area (Å²) < 4.78 is 0. The smallest absolute Gasteiger partial charge is 0.0292 e. The first-order valence-electron chi connectivity index (χ1n) is 4.54. The minimum Gasteiger partial charge on any atom is -0.0628 e. The maximum atomic E-state index is 4.14. The number of rotatable bonds is 4. The summed E-state index contributed by atoms with van der Waals surface area (Å²) in [4.78, 5) is 0. The van der Waals surface area contributed by atoms with Gasteiger partial charge in [0.2, 0.25) is 0 Å². The van der Waals surface area contributed by atoms with Gasteiger partial charge in [0.05, 0.1) is 0 Å². The van der Waals surface area contributed by atoms with Crippen molar-refractivity contribution < 1.29 is 0 Å². The average Bonchev–Trinajstić information content (AvgIpc) is 1.53. The van der Waals surface area contributed by atoms with Crippen LogP contribution in [-0.4, -0.2) is 0 Å². The highest BCUT2D eigenvalue weighted by Crippen LogP contribution is 2.31. The quantitative estimate of drug-likeness (QED) is 0.578. The molecule has 0 aromatic heterocycles. The molecule has 0 rings (SSSR count). The molecule has 66 valence electrons. The van der Waals surface area contributed by atoms with Crippen molar-refractivity contribution in [2.75, 3.05) is 0 Å².